The van der Waals surface area contributed by atoms with E-state index in [9.17, 15) is 9.59 Å². The van der Waals surface area contributed by atoms with Gasteiger partial charge in [0.15, 0.2) is 5.57 Å². The predicted molar refractivity (Wildman–Crippen MR) is 92.3 cm³/mol. The summed E-state index contributed by atoms with van der Waals surface area (Å²) < 4.78 is 17.4. The Morgan fingerprint density at radius 1 is 1.27 bits per heavy atom. The second-order valence-corrected chi connectivity index (χ2v) is 6.15. The highest BCUT2D eigenvalue weighted by atomic mass is 16.7. The second kappa shape index (κ2) is 6.91. The number of esters is 2. The van der Waals surface area contributed by atoms with E-state index >= 15 is 0 Å². The molecule has 136 valence electrons. The molecule has 0 atom stereocenters. The monoisotopic (exact) mass is 357 g/mol. The summed E-state index contributed by atoms with van der Waals surface area (Å²) in [5.41, 5.74) is 1.37. The molecule has 1 aromatic carbocycles. The Morgan fingerprint density at radius 2 is 2.00 bits per heavy atom. The fourth-order valence-corrected chi connectivity index (χ4v) is 2.49. The van der Waals surface area contributed by atoms with E-state index in [0.717, 1.165) is 5.56 Å². The number of benzene rings is 1. The number of hydrogen-bond acceptors (Lipinski definition) is 7. The van der Waals surface area contributed by atoms with Crippen molar-refractivity contribution in [2.45, 2.75) is 26.2 Å². The summed E-state index contributed by atoms with van der Waals surface area (Å²) in [4.78, 5) is 28.0. The summed E-state index contributed by atoms with van der Waals surface area (Å²) in [5.74, 6) is -2.19. The molecule has 26 heavy (non-hydrogen) atoms. The third-order valence-corrected chi connectivity index (χ3v) is 3.68. The molecule has 2 heterocycles. The molecule has 1 aliphatic heterocycles. The van der Waals surface area contributed by atoms with Gasteiger partial charge in [-0.3, -0.25) is 0 Å². The van der Waals surface area contributed by atoms with Crippen molar-refractivity contribution in [1.29, 1.82) is 0 Å². The smallest absolute Gasteiger partial charge is 0.350 e. The number of cyclic esters (lactones) is 2. The number of hydrogen-bond donors (Lipinski definition) is 1. The van der Waals surface area contributed by atoms with Crippen molar-refractivity contribution in [3.05, 3.63) is 54.3 Å². The van der Waals surface area contributed by atoms with Gasteiger partial charge < -0.3 is 24.1 Å². The minimum atomic E-state index is -1.27. The van der Waals surface area contributed by atoms with E-state index in [0.29, 0.717) is 18.0 Å². The Labute approximate surface area is 150 Å². The van der Waals surface area contributed by atoms with Crippen molar-refractivity contribution in [1.82, 2.24) is 9.55 Å². The van der Waals surface area contributed by atoms with Gasteiger partial charge in [-0.15, -0.1) is 0 Å². The van der Waals surface area contributed by atoms with Gasteiger partial charge in [-0.2, -0.15) is 0 Å². The van der Waals surface area contributed by atoms with E-state index in [1.807, 2.05) is 22.9 Å². The first-order chi connectivity index (χ1) is 12.4. The van der Waals surface area contributed by atoms with Crippen LogP contribution in [0.15, 0.2) is 48.7 Å². The predicted octanol–water partition coefficient (Wildman–Crippen LogP) is 2.07. The Hall–Kier alpha value is -3.29. The Morgan fingerprint density at radius 3 is 2.62 bits per heavy atom. The lowest BCUT2D eigenvalue weighted by molar-refractivity contribution is -0.222. The van der Waals surface area contributed by atoms with Gasteiger partial charge in [-0.05, 0) is 17.7 Å². The number of anilines is 1. The van der Waals surface area contributed by atoms with E-state index in [2.05, 4.69) is 10.3 Å². The molecule has 2 aromatic rings. The molecule has 1 fully saturated rings. The minimum Gasteiger partial charge on any atom is -0.495 e. The number of nitrogens with one attached hydrogen (secondary N) is 1. The van der Waals surface area contributed by atoms with Crippen LogP contribution in [0, 0.1) is 0 Å². The lowest BCUT2D eigenvalue weighted by Gasteiger charge is -2.29. The highest BCUT2D eigenvalue weighted by molar-refractivity contribution is 6.15. The van der Waals surface area contributed by atoms with Crippen LogP contribution in [-0.2, 0) is 25.6 Å². The first-order valence-electron chi connectivity index (χ1n) is 7.94. The van der Waals surface area contributed by atoms with E-state index in [1.54, 1.807) is 18.6 Å². The van der Waals surface area contributed by atoms with E-state index in [-0.39, 0.29) is 5.57 Å². The summed E-state index contributed by atoms with van der Waals surface area (Å²) in [5, 5.41) is 2.93. The quantitative estimate of drug-likeness (QED) is 0.497. The standard InChI is InChI=1S/C18H19N3O5/c1-18(2)25-16(22)13(17(23)26-18)9-20-14-8-12(4-5-15(14)24-3)10-21-7-6-19-11-21/h4-9,11,20H,10H2,1-3H3. The van der Waals surface area contributed by atoms with Crippen molar-refractivity contribution < 1.29 is 23.8 Å². The molecule has 0 aliphatic carbocycles. The molecule has 0 saturated carbocycles. The average Bonchev–Trinajstić information content (AvgIpc) is 3.06. The van der Waals surface area contributed by atoms with Crippen LogP contribution in [-0.4, -0.2) is 34.4 Å². The summed E-state index contributed by atoms with van der Waals surface area (Å²) in [7, 11) is 1.54. The first-order valence-corrected chi connectivity index (χ1v) is 7.94. The lowest BCUT2D eigenvalue weighted by Crippen LogP contribution is -2.42. The van der Waals surface area contributed by atoms with Crippen LogP contribution in [0.2, 0.25) is 0 Å². The third-order valence-electron chi connectivity index (χ3n) is 3.68. The molecular formula is C18H19N3O5. The van der Waals surface area contributed by atoms with Crippen molar-refractivity contribution in [3.8, 4) is 5.75 Å². The van der Waals surface area contributed by atoms with E-state index in [1.165, 1.54) is 27.2 Å². The van der Waals surface area contributed by atoms with Crippen molar-refractivity contribution in [3.63, 3.8) is 0 Å². The topological polar surface area (TPSA) is 91.7 Å². The van der Waals surface area contributed by atoms with Crippen molar-refractivity contribution in [2.75, 3.05) is 12.4 Å². The molecule has 1 saturated heterocycles. The molecule has 0 radical (unpaired) electrons. The van der Waals surface area contributed by atoms with Gasteiger partial charge in [0.25, 0.3) is 5.79 Å². The number of ether oxygens (including phenoxy) is 3. The molecule has 1 aliphatic rings. The molecule has 0 spiro atoms. The second-order valence-electron chi connectivity index (χ2n) is 6.15. The van der Waals surface area contributed by atoms with Gasteiger partial charge in [0, 0.05) is 39.0 Å². The fourth-order valence-electron chi connectivity index (χ4n) is 2.49. The summed E-state index contributed by atoms with van der Waals surface area (Å²) >= 11 is 0. The maximum absolute atomic E-state index is 12.0. The molecular weight excluding hydrogens is 338 g/mol. The Balaban J connectivity index is 1.82. The van der Waals surface area contributed by atoms with E-state index in [4.69, 9.17) is 14.2 Å². The van der Waals surface area contributed by atoms with Gasteiger partial charge in [0.1, 0.15) is 5.75 Å². The number of carbonyl (C=O) groups is 2. The lowest BCUT2D eigenvalue weighted by atomic mass is 10.1. The molecule has 3 rings (SSSR count). The van der Waals surface area contributed by atoms with Crippen LogP contribution in [0.4, 0.5) is 5.69 Å². The van der Waals surface area contributed by atoms with Gasteiger partial charge >= 0.3 is 11.9 Å². The number of methoxy groups -OCH3 is 1. The molecule has 0 bridgehead atoms. The highest BCUT2D eigenvalue weighted by Gasteiger charge is 2.38. The van der Waals surface area contributed by atoms with E-state index < -0.39 is 17.7 Å². The summed E-state index contributed by atoms with van der Waals surface area (Å²) in [6.07, 6.45) is 6.54. The minimum absolute atomic E-state index is 0.216. The molecule has 0 unspecified atom stereocenters. The number of rotatable bonds is 5. The summed E-state index contributed by atoms with van der Waals surface area (Å²) in [6, 6.07) is 5.58. The zero-order valence-electron chi connectivity index (χ0n) is 14.7. The van der Waals surface area contributed by atoms with Gasteiger partial charge in [0.2, 0.25) is 0 Å². The molecule has 8 nitrogen and oxygen atoms in total. The summed E-state index contributed by atoms with van der Waals surface area (Å²) in [6.45, 7) is 3.61. The Bertz CT molecular complexity index is 834. The number of imidazole rings is 1. The van der Waals surface area contributed by atoms with Gasteiger partial charge in [-0.1, -0.05) is 6.07 Å². The SMILES string of the molecule is COc1ccc(Cn2ccnc2)cc1NC=C1C(=O)OC(C)(C)OC1=O. The molecule has 0 amide bonds. The van der Waals surface area contributed by atoms with Crippen molar-refractivity contribution in [2.24, 2.45) is 0 Å². The van der Waals surface area contributed by atoms with Crippen molar-refractivity contribution >= 4 is 17.6 Å². The average molecular weight is 357 g/mol. The van der Waals surface area contributed by atoms with Crippen LogP contribution >= 0.6 is 0 Å². The maximum atomic E-state index is 12.0. The van der Waals surface area contributed by atoms with Crippen LogP contribution < -0.4 is 10.1 Å². The number of carbonyl (C=O) groups excluding carboxylic acids is 2. The maximum Gasteiger partial charge on any atom is 0.350 e. The third kappa shape index (κ3) is 3.85. The zero-order valence-corrected chi connectivity index (χ0v) is 14.7. The number of aromatic nitrogens is 2. The zero-order chi connectivity index (χ0) is 18.7. The van der Waals surface area contributed by atoms with Gasteiger partial charge in [0.05, 0.1) is 19.1 Å². The largest absolute Gasteiger partial charge is 0.495 e. The highest BCUT2D eigenvalue weighted by Crippen LogP contribution is 2.27. The van der Waals surface area contributed by atoms with Crippen LogP contribution in [0.1, 0.15) is 19.4 Å². The molecule has 1 aromatic heterocycles. The van der Waals surface area contributed by atoms with Gasteiger partial charge in [-0.25, -0.2) is 14.6 Å². The first kappa shape index (κ1) is 17.5. The van der Waals surface area contributed by atoms with Crippen LogP contribution in [0.5, 0.6) is 5.75 Å². The normalized spacial score (nSPS) is 15.9. The fraction of sp³-hybridized carbons (Fsp3) is 0.278. The molecule has 8 heteroatoms. The molecule has 1 N–H and O–H groups in total. The number of nitrogens with zero attached hydrogens (tertiary/aromatic N) is 2. The van der Waals surface area contributed by atoms with Crippen LogP contribution in [0.25, 0.3) is 0 Å². The van der Waals surface area contributed by atoms with Crippen LogP contribution in [0.3, 0.4) is 0 Å². The Kier molecular flexibility index (Phi) is 4.66.